The third-order valence-electron chi connectivity index (χ3n) is 10.1. The number of hydrogen-bond acceptors (Lipinski definition) is 6. The van der Waals surface area contributed by atoms with Gasteiger partial charge in [0.2, 0.25) is 11.8 Å². The van der Waals surface area contributed by atoms with Crippen molar-refractivity contribution in [2.45, 2.75) is 64.0 Å². The predicted molar refractivity (Wildman–Crippen MR) is 167 cm³/mol. The topological polar surface area (TPSA) is 96.4 Å². The van der Waals surface area contributed by atoms with Crippen molar-refractivity contribution in [1.29, 1.82) is 0 Å². The second kappa shape index (κ2) is 13.3. The summed E-state index contributed by atoms with van der Waals surface area (Å²) >= 11 is 6.31. The van der Waals surface area contributed by atoms with Crippen molar-refractivity contribution >= 4 is 29.4 Å². The van der Waals surface area contributed by atoms with Crippen molar-refractivity contribution < 1.29 is 29.0 Å². The summed E-state index contributed by atoms with van der Waals surface area (Å²) < 4.78 is 11.8. The molecule has 44 heavy (non-hydrogen) atoms. The normalized spacial score (nSPS) is 26.2. The summed E-state index contributed by atoms with van der Waals surface area (Å²) in [7, 11) is 1.62. The predicted octanol–water partition coefficient (Wildman–Crippen LogP) is 6.06. The van der Waals surface area contributed by atoms with Crippen LogP contribution in [0.25, 0.3) is 0 Å². The molecule has 0 bridgehead atoms. The van der Waals surface area contributed by atoms with Crippen LogP contribution in [0.3, 0.4) is 0 Å². The summed E-state index contributed by atoms with van der Waals surface area (Å²) in [5.41, 5.74) is 3.72. The Morgan fingerprint density at radius 1 is 0.977 bits per heavy atom. The van der Waals surface area contributed by atoms with E-state index < -0.39 is 5.97 Å². The number of aryl methyl sites for hydroxylation is 1. The highest BCUT2D eigenvalue weighted by molar-refractivity contribution is 6.30. The quantitative estimate of drug-likeness (QED) is 0.241. The van der Waals surface area contributed by atoms with Crippen molar-refractivity contribution in [2.75, 3.05) is 26.8 Å². The van der Waals surface area contributed by atoms with Gasteiger partial charge >= 0.3 is 5.97 Å². The fourth-order valence-electron chi connectivity index (χ4n) is 7.67. The van der Waals surface area contributed by atoms with Crippen LogP contribution in [0.5, 0.6) is 11.5 Å². The number of ether oxygens (including phenoxy) is 2. The number of amides is 2. The third kappa shape index (κ3) is 6.38. The lowest BCUT2D eigenvalue weighted by Crippen LogP contribution is -2.35. The van der Waals surface area contributed by atoms with Gasteiger partial charge in [-0.1, -0.05) is 35.9 Å². The molecular weight excluding hydrogens is 580 g/mol. The van der Waals surface area contributed by atoms with Crippen molar-refractivity contribution in [1.82, 2.24) is 9.80 Å². The first kappa shape index (κ1) is 30.7. The lowest BCUT2D eigenvalue weighted by atomic mass is 9.81. The van der Waals surface area contributed by atoms with Crippen LogP contribution in [0.1, 0.15) is 67.7 Å². The molecule has 3 aliphatic carbocycles. The van der Waals surface area contributed by atoms with E-state index in [2.05, 4.69) is 23.1 Å². The van der Waals surface area contributed by atoms with Gasteiger partial charge in [0, 0.05) is 24.2 Å². The van der Waals surface area contributed by atoms with Crippen LogP contribution < -0.4 is 9.47 Å². The molecule has 2 amide bonds. The molecule has 1 saturated carbocycles. The summed E-state index contributed by atoms with van der Waals surface area (Å²) in [6, 6.07) is 12.4. The van der Waals surface area contributed by atoms with Gasteiger partial charge in [0.15, 0.2) is 11.5 Å². The highest BCUT2D eigenvalue weighted by Gasteiger charge is 2.47. The van der Waals surface area contributed by atoms with Gasteiger partial charge in [0.25, 0.3) is 0 Å². The van der Waals surface area contributed by atoms with Crippen LogP contribution in [-0.4, -0.2) is 59.5 Å². The molecule has 0 aromatic heterocycles. The summed E-state index contributed by atoms with van der Waals surface area (Å²) in [6.45, 7) is 2.04. The molecule has 234 valence electrons. The van der Waals surface area contributed by atoms with E-state index in [1.807, 2.05) is 30.4 Å². The molecule has 1 heterocycles. The number of rotatable bonds is 11. The Bertz CT molecular complexity index is 1410. The number of aliphatic carboxylic acids is 1. The highest BCUT2D eigenvalue weighted by atomic mass is 35.5. The zero-order valence-electron chi connectivity index (χ0n) is 25.3. The summed E-state index contributed by atoms with van der Waals surface area (Å²) in [5.74, 6) is 0.0699. The summed E-state index contributed by atoms with van der Waals surface area (Å²) in [4.78, 5) is 41.0. The minimum Gasteiger partial charge on any atom is -0.493 e. The van der Waals surface area contributed by atoms with Gasteiger partial charge < -0.3 is 14.6 Å². The monoisotopic (exact) mass is 620 g/mol. The SMILES string of the molecule is COc1cc(CN(CC2CCC(C(=O)O)CC2)[C@H]2CCc3cc(Cl)ccc32)ccc1OCCN1C(=O)[C@H]2CC=CC[C@H]2C1=O. The number of fused-ring (bicyclic) bond motifs is 2. The number of imide groups is 1. The number of allylic oxidation sites excluding steroid dienone is 2. The molecule has 2 aromatic carbocycles. The fourth-order valence-corrected chi connectivity index (χ4v) is 7.86. The number of carbonyl (C=O) groups is 3. The van der Waals surface area contributed by atoms with Crippen LogP contribution in [0, 0.1) is 23.7 Å². The Hall–Kier alpha value is -3.36. The van der Waals surface area contributed by atoms with Crippen molar-refractivity contribution in [3.63, 3.8) is 0 Å². The smallest absolute Gasteiger partial charge is 0.306 e. The molecule has 1 saturated heterocycles. The molecule has 0 spiro atoms. The maximum absolute atomic E-state index is 12.8. The first-order chi connectivity index (χ1) is 21.3. The number of halogens is 1. The van der Waals surface area contributed by atoms with Gasteiger partial charge in [-0.3, -0.25) is 24.2 Å². The Labute approximate surface area is 263 Å². The average Bonchev–Trinajstić information content (AvgIpc) is 3.55. The first-order valence-electron chi connectivity index (χ1n) is 15.9. The lowest BCUT2D eigenvalue weighted by Gasteiger charge is -2.35. The number of carboxylic acids is 1. The summed E-state index contributed by atoms with van der Waals surface area (Å²) in [6.07, 6.45) is 10.5. The molecule has 1 N–H and O–H groups in total. The highest BCUT2D eigenvalue weighted by Crippen LogP contribution is 2.41. The number of hydrogen-bond donors (Lipinski definition) is 1. The molecule has 8 nitrogen and oxygen atoms in total. The van der Waals surface area contributed by atoms with E-state index >= 15 is 0 Å². The Balaban J connectivity index is 1.13. The van der Waals surface area contributed by atoms with Gasteiger partial charge in [0.05, 0.1) is 31.4 Å². The standard InChI is InChI=1S/C35H41ClN2O6/c1-43-32-18-23(8-15-31(32)44-17-16-38-33(39)28-4-2-3-5-29(28)34(38)40)21-37(20-22-6-9-24(10-7-22)35(41)42)30-14-11-25-19-26(36)12-13-27(25)30/h2-3,8,12-13,15,18-19,22,24,28-30H,4-7,9-11,14,16-17,20-21H2,1H3,(H,41,42)/t22?,24?,28-,29+,30-/m0/s1. The van der Waals surface area contributed by atoms with E-state index in [0.29, 0.717) is 30.3 Å². The third-order valence-corrected chi connectivity index (χ3v) is 10.3. The van der Waals surface area contributed by atoms with E-state index in [1.165, 1.54) is 16.0 Å². The second-order valence-corrected chi connectivity index (χ2v) is 13.1. The minimum absolute atomic E-state index is 0.0949. The second-order valence-electron chi connectivity index (χ2n) is 12.7. The van der Waals surface area contributed by atoms with E-state index in [4.69, 9.17) is 21.1 Å². The van der Waals surface area contributed by atoms with Crippen molar-refractivity contribution in [3.8, 4) is 11.5 Å². The van der Waals surface area contributed by atoms with Crippen LogP contribution >= 0.6 is 11.6 Å². The zero-order valence-corrected chi connectivity index (χ0v) is 26.0. The summed E-state index contributed by atoms with van der Waals surface area (Å²) in [5, 5.41) is 10.2. The lowest BCUT2D eigenvalue weighted by molar-refractivity contribution is -0.143. The fraction of sp³-hybridized carbons (Fsp3) is 0.514. The first-order valence-corrected chi connectivity index (χ1v) is 16.2. The minimum atomic E-state index is -0.676. The van der Waals surface area contributed by atoms with Crippen LogP contribution in [0.4, 0.5) is 0 Å². The number of methoxy groups -OCH3 is 1. The van der Waals surface area contributed by atoms with Crippen molar-refractivity contribution in [3.05, 3.63) is 70.3 Å². The number of carbonyl (C=O) groups excluding carboxylic acids is 2. The molecule has 2 fully saturated rings. The van der Waals surface area contributed by atoms with Gasteiger partial charge in [-0.15, -0.1) is 0 Å². The molecule has 3 atom stereocenters. The molecule has 4 aliphatic rings. The molecule has 1 aliphatic heterocycles. The van der Waals surface area contributed by atoms with Crippen LogP contribution in [0.15, 0.2) is 48.6 Å². The maximum atomic E-state index is 12.8. The molecule has 0 unspecified atom stereocenters. The largest absolute Gasteiger partial charge is 0.493 e. The van der Waals surface area contributed by atoms with E-state index in [0.717, 1.165) is 62.2 Å². The Kier molecular flexibility index (Phi) is 9.29. The van der Waals surface area contributed by atoms with E-state index in [-0.39, 0.29) is 48.8 Å². The van der Waals surface area contributed by atoms with Gasteiger partial charge in [-0.2, -0.15) is 0 Å². The molecule has 0 radical (unpaired) electrons. The Morgan fingerprint density at radius 2 is 1.70 bits per heavy atom. The molecular formula is C35H41ClN2O6. The number of benzene rings is 2. The van der Waals surface area contributed by atoms with Crippen LogP contribution in [-0.2, 0) is 27.3 Å². The Morgan fingerprint density at radius 3 is 2.39 bits per heavy atom. The molecule has 9 heteroatoms. The maximum Gasteiger partial charge on any atom is 0.306 e. The van der Waals surface area contributed by atoms with E-state index in [9.17, 15) is 19.5 Å². The van der Waals surface area contributed by atoms with Gasteiger partial charge in [-0.05, 0) is 98.2 Å². The average molecular weight is 621 g/mol. The van der Waals surface area contributed by atoms with Gasteiger partial charge in [0.1, 0.15) is 6.61 Å². The van der Waals surface area contributed by atoms with Crippen LogP contribution in [0.2, 0.25) is 5.02 Å². The zero-order chi connectivity index (χ0) is 30.8. The molecule has 2 aromatic rings. The van der Waals surface area contributed by atoms with E-state index in [1.54, 1.807) is 7.11 Å². The van der Waals surface area contributed by atoms with Gasteiger partial charge in [-0.25, -0.2) is 0 Å². The molecule has 6 rings (SSSR count). The van der Waals surface area contributed by atoms with Crippen molar-refractivity contribution in [2.24, 2.45) is 23.7 Å². The number of nitrogens with zero attached hydrogens (tertiary/aromatic N) is 2. The number of carboxylic acid groups (broad SMARTS) is 1. The number of likely N-dealkylation sites (tertiary alicyclic amines) is 1.